The van der Waals surface area contributed by atoms with Gasteiger partial charge in [0.1, 0.15) is 0 Å². The smallest absolute Gasteiger partial charge is 0.0700 e. The van der Waals surface area contributed by atoms with Crippen LogP contribution in [0.25, 0.3) is 0 Å². The fraction of sp³-hybridized carbons (Fsp3) is 0.909. The van der Waals surface area contributed by atoms with E-state index in [0.717, 1.165) is 24.9 Å². The van der Waals surface area contributed by atoms with E-state index in [4.69, 9.17) is 4.74 Å². The van der Waals surface area contributed by atoms with Crippen molar-refractivity contribution in [2.75, 3.05) is 6.61 Å². The SMILES string of the molecule is [CH2]OCCC(C)CCCC(C)C. The van der Waals surface area contributed by atoms with Crippen molar-refractivity contribution in [1.82, 2.24) is 0 Å². The van der Waals surface area contributed by atoms with Crippen LogP contribution in [0.15, 0.2) is 0 Å². The van der Waals surface area contributed by atoms with Gasteiger partial charge < -0.3 is 4.74 Å². The van der Waals surface area contributed by atoms with Crippen LogP contribution in [0.1, 0.15) is 46.5 Å². The second-order valence-electron chi connectivity index (χ2n) is 4.13. The van der Waals surface area contributed by atoms with Crippen molar-refractivity contribution in [3.8, 4) is 0 Å². The maximum Gasteiger partial charge on any atom is 0.0700 e. The minimum Gasteiger partial charge on any atom is -0.379 e. The second-order valence-corrected chi connectivity index (χ2v) is 4.13. The summed E-state index contributed by atoms with van der Waals surface area (Å²) in [6.45, 7) is 7.66. The van der Waals surface area contributed by atoms with E-state index in [0.29, 0.717) is 0 Å². The van der Waals surface area contributed by atoms with E-state index < -0.39 is 0 Å². The Hall–Kier alpha value is -0.0400. The standard InChI is InChI=1S/C11H23O/c1-10(2)6-5-7-11(3)8-9-12-4/h10-11H,4-9H2,1-3H3. The molecule has 0 aliphatic heterocycles. The van der Waals surface area contributed by atoms with Crippen LogP contribution >= 0.6 is 0 Å². The lowest BCUT2D eigenvalue weighted by Gasteiger charge is -2.11. The van der Waals surface area contributed by atoms with Crippen LogP contribution in [0.4, 0.5) is 0 Å². The molecule has 0 spiro atoms. The molecule has 1 unspecified atom stereocenters. The topological polar surface area (TPSA) is 9.23 Å². The highest BCUT2D eigenvalue weighted by Crippen LogP contribution is 2.14. The predicted molar refractivity (Wildman–Crippen MR) is 53.8 cm³/mol. The Bertz CT molecular complexity index is 89.0. The molecule has 0 bridgehead atoms. The molecule has 0 saturated carbocycles. The van der Waals surface area contributed by atoms with Crippen molar-refractivity contribution >= 4 is 0 Å². The van der Waals surface area contributed by atoms with Gasteiger partial charge >= 0.3 is 0 Å². The van der Waals surface area contributed by atoms with E-state index in [-0.39, 0.29) is 0 Å². The zero-order valence-corrected chi connectivity index (χ0v) is 8.81. The fourth-order valence-corrected chi connectivity index (χ4v) is 1.30. The summed E-state index contributed by atoms with van der Waals surface area (Å²) < 4.78 is 4.79. The molecule has 1 heteroatoms. The summed E-state index contributed by atoms with van der Waals surface area (Å²) in [5, 5.41) is 0. The molecule has 1 radical (unpaired) electrons. The Morgan fingerprint density at radius 1 is 1.08 bits per heavy atom. The van der Waals surface area contributed by atoms with Crippen LogP contribution < -0.4 is 0 Å². The molecule has 0 fully saturated rings. The van der Waals surface area contributed by atoms with Crippen LogP contribution in [0.5, 0.6) is 0 Å². The van der Waals surface area contributed by atoms with Crippen molar-refractivity contribution < 1.29 is 4.74 Å². The molecule has 0 N–H and O–H groups in total. The highest BCUT2D eigenvalue weighted by molar-refractivity contribution is 4.54. The molecule has 0 aromatic rings. The Morgan fingerprint density at radius 2 is 1.75 bits per heavy atom. The molecule has 0 aliphatic carbocycles. The Morgan fingerprint density at radius 3 is 2.25 bits per heavy atom. The van der Waals surface area contributed by atoms with Gasteiger partial charge in [-0.1, -0.05) is 40.0 Å². The summed E-state index contributed by atoms with van der Waals surface area (Å²) >= 11 is 0. The summed E-state index contributed by atoms with van der Waals surface area (Å²) in [6.07, 6.45) is 5.20. The van der Waals surface area contributed by atoms with Crippen LogP contribution in [-0.2, 0) is 4.74 Å². The molecule has 0 aromatic heterocycles. The summed E-state index contributed by atoms with van der Waals surface area (Å²) in [4.78, 5) is 0. The quantitative estimate of drug-likeness (QED) is 0.568. The molecule has 12 heavy (non-hydrogen) atoms. The van der Waals surface area contributed by atoms with Crippen LogP contribution in [0, 0.1) is 18.9 Å². The van der Waals surface area contributed by atoms with Gasteiger partial charge in [0.05, 0.1) is 7.11 Å². The maximum atomic E-state index is 4.79. The van der Waals surface area contributed by atoms with Gasteiger partial charge in [0.15, 0.2) is 0 Å². The third kappa shape index (κ3) is 8.06. The first-order valence-electron chi connectivity index (χ1n) is 5.03. The second kappa shape index (κ2) is 7.60. The number of hydrogen-bond donors (Lipinski definition) is 0. The zero-order chi connectivity index (χ0) is 9.40. The summed E-state index contributed by atoms with van der Waals surface area (Å²) in [6, 6.07) is 0. The lowest BCUT2D eigenvalue weighted by atomic mass is 9.98. The van der Waals surface area contributed by atoms with Gasteiger partial charge in [-0.15, -0.1) is 0 Å². The molecule has 0 heterocycles. The number of rotatable bonds is 7. The molecular formula is C11H23O. The Kier molecular flexibility index (Phi) is 7.58. The monoisotopic (exact) mass is 171 g/mol. The van der Waals surface area contributed by atoms with Gasteiger partial charge in [-0.25, -0.2) is 0 Å². The first-order chi connectivity index (χ1) is 5.66. The first kappa shape index (κ1) is 12.0. The summed E-state index contributed by atoms with van der Waals surface area (Å²) in [5.41, 5.74) is 0. The number of hydrogen-bond acceptors (Lipinski definition) is 1. The molecule has 0 aliphatic rings. The van der Waals surface area contributed by atoms with Crippen molar-refractivity contribution in [2.24, 2.45) is 11.8 Å². The van der Waals surface area contributed by atoms with E-state index in [2.05, 4.69) is 27.9 Å². The Balaban J connectivity index is 3.13. The van der Waals surface area contributed by atoms with Gasteiger partial charge in [-0.05, 0) is 18.3 Å². The number of ether oxygens (including phenoxy) is 1. The van der Waals surface area contributed by atoms with Crippen molar-refractivity contribution in [1.29, 1.82) is 0 Å². The third-order valence-electron chi connectivity index (χ3n) is 2.23. The van der Waals surface area contributed by atoms with Crippen molar-refractivity contribution in [3.63, 3.8) is 0 Å². The van der Waals surface area contributed by atoms with Crippen LogP contribution in [-0.4, -0.2) is 6.61 Å². The maximum absolute atomic E-state index is 4.79. The summed E-state index contributed by atoms with van der Waals surface area (Å²) in [5.74, 6) is 1.65. The van der Waals surface area contributed by atoms with E-state index in [1.165, 1.54) is 19.3 Å². The van der Waals surface area contributed by atoms with E-state index in [1.54, 1.807) is 0 Å². The third-order valence-corrected chi connectivity index (χ3v) is 2.23. The lowest BCUT2D eigenvalue weighted by Crippen LogP contribution is -2.00. The van der Waals surface area contributed by atoms with Crippen molar-refractivity contribution in [2.45, 2.75) is 46.5 Å². The molecule has 0 rings (SSSR count). The van der Waals surface area contributed by atoms with Gasteiger partial charge in [0, 0.05) is 6.61 Å². The molecular weight excluding hydrogens is 148 g/mol. The minimum atomic E-state index is 0.797. The highest BCUT2D eigenvalue weighted by atomic mass is 16.5. The molecule has 0 aromatic carbocycles. The van der Waals surface area contributed by atoms with Gasteiger partial charge in [0.2, 0.25) is 0 Å². The zero-order valence-electron chi connectivity index (χ0n) is 8.81. The highest BCUT2D eigenvalue weighted by Gasteiger charge is 2.02. The van der Waals surface area contributed by atoms with E-state index >= 15 is 0 Å². The fourth-order valence-electron chi connectivity index (χ4n) is 1.30. The molecule has 73 valence electrons. The predicted octanol–water partition coefficient (Wildman–Crippen LogP) is 3.65. The minimum absolute atomic E-state index is 0.797. The summed E-state index contributed by atoms with van der Waals surface area (Å²) in [7, 11) is 3.37. The normalized spacial score (nSPS) is 13.8. The lowest BCUT2D eigenvalue weighted by molar-refractivity contribution is 0.214. The van der Waals surface area contributed by atoms with Gasteiger partial charge in [-0.2, -0.15) is 0 Å². The molecule has 0 amide bonds. The van der Waals surface area contributed by atoms with Crippen molar-refractivity contribution in [3.05, 3.63) is 7.11 Å². The van der Waals surface area contributed by atoms with Gasteiger partial charge in [-0.3, -0.25) is 0 Å². The molecule has 0 saturated heterocycles. The average molecular weight is 171 g/mol. The first-order valence-corrected chi connectivity index (χ1v) is 5.03. The van der Waals surface area contributed by atoms with Crippen LogP contribution in [0.2, 0.25) is 0 Å². The van der Waals surface area contributed by atoms with E-state index in [1.807, 2.05) is 0 Å². The average Bonchev–Trinajstić information content (AvgIpc) is 2.00. The van der Waals surface area contributed by atoms with E-state index in [9.17, 15) is 0 Å². The van der Waals surface area contributed by atoms with Gasteiger partial charge in [0.25, 0.3) is 0 Å². The largest absolute Gasteiger partial charge is 0.379 e. The molecule has 1 nitrogen and oxygen atoms in total. The van der Waals surface area contributed by atoms with Crippen LogP contribution in [0.3, 0.4) is 0 Å². The molecule has 1 atom stereocenters. The Labute approximate surface area is 77.5 Å².